The van der Waals surface area contributed by atoms with Gasteiger partial charge in [0.1, 0.15) is 6.17 Å². The molecule has 0 aliphatic heterocycles. The maximum Gasteiger partial charge on any atom is 0.302 e. The van der Waals surface area contributed by atoms with E-state index in [1.807, 2.05) is 0 Å². The monoisotopic (exact) mass is 196 g/mol. The van der Waals surface area contributed by atoms with E-state index in [4.69, 9.17) is 0 Å². The van der Waals surface area contributed by atoms with Crippen LogP contribution >= 0.6 is 0 Å². The number of hydrogen-bond donors (Lipinski definition) is 0. The molecule has 1 atom stereocenters. The highest BCUT2D eigenvalue weighted by Crippen LogP contribution is 2.65. The average molecular weight is 196 g/mol. The third kappa shape index (κ3) is 1.34. The maximum atomic E-state index is 12.6. The third-order valence-electron chi connectivity index (χ3n) is 2.92. The Balaban J connectivity index is 1.83. The summed E-state index contributed by atoms with van der Waals surface area (Å²) < 4.78 is 45.1. The van der Waals surface area contributed by atoms with Crippen molar-refractivity contribution in [3.8, 4) is 0 Å². The molecule has 0 aromatic rings. The van der Waals surface area contributed by atoms with Gasteiger partial charge in [-0.15, -0.1) is 3.89 Å². The van der Waals surface area contributed by atoms with Crippen molar-refractivity contribution in [3.63, 3.8) is 0 Å². The van der Waals surface area contributed by atoms with Gasteiger partial charge in [-0.25, -0.2) is 4.39 Å². The van der Waals surface area contributed by atoms with E-state index in [0.717, 1.165) is 0 Å². The van der Waals surface area contributed by atoms with Crippen LogP contribution in [0.3, 0.4) is 0 Å². The lowest BCUT2D eigenvalue weighted by Crippen LogP contribution is -2.31. The Morgan fingerprint density at radius 3 is 2.17 bits per heavy atom. The molecular weight excluding hydrogens is 186 g/mol. The highest BCUT2D eigenvalue weighted by molar-refractivity contribution is 7.86. The molecule has 2 aliphatic carbocycles. The van der Waals surface area contributed by atoms with Crippen LogP contribution in [0.15, 0.2) is 0 Å². The summed E-state index contributed by atoms with van der Waals surface area (Å²) in [7, 11) is -4.35. The van der Waals surface area contributed by atoms with Crippen molar-refractivity contribution in [2.75, 3.05) is 5.75 Å². The first-order chi connectivity index (χ1) is 5.41. The van der Waals surface area contributed by atoms with E-state index < -0.39 is 22.1 Å². The van der Waals surface area contributed by atoms with Gasteiger partial charge in [0, 0.05) is 5.41 Å². The average Bonchev–Trinajstić information content (AvgIpc) is 2.35. The van der Waals surface area contributed by atoms with Gasteiger partial charge in [0.05, 0.1) is 5.75 Å². The largest absolute Gasteiger partial charge is 0.302 e. The minimum absolute atomic E-state index is 0.138. The van der Waals surface area contributed by atoms with Crippen LogP contribution in [0.4, 0.5) is 8.28 Å². The highest BCUT2D eigenvalue weighted by atomic mass is 32.3. The Bertz CT molecular complexity index is 293. The Labute approximate surface area is 70.2 Å². The second-order valence-corrected chi connectivity index (χ2v) is 5.42. The van der Waals surface area contributed by atoms with E-state index >= 15 is 0 Å². The van der Waals surface area contributed by atoms with Crippen LogP contribution in [0.2, 0.25) is 0 Å². The van der Waals surface area contributed by atoms with Crippen molar-refractivity contribution in [3.05, 3.63) is 0 Å². The molecule has 0 amide bonds. The summed E-state index contributed by atoms with van der Waals surface area (Å²) in [5, 5.41) is 0. The molecule has 0 heterocycles. The molecule has 0 aromatic heterocycles. The first-order valence-corrected chi connectivity index (χ1v) is 5.53. The molecule has 0 N–H and O–H groups in total. The van der Waals surface area contributed by atoms with Crippen molar-refractivity contribution in [1.29, 1.82) is 0 Å². The zero-order chi connectivity index (χ0) is 8.98. The van der Waals surface area contributed by atoms with Crippen LogP contribution in [0.1, 0.15) is 19.3 Å². The van der Waals surface area contributed by atoms with E-state index in [1.54, 1.807) is 0 Å². The molecule has 70 valence electrons. The molecule has 2 rings (SSSR count). The molecule has 2 nitrogen and oxygen atoms in total. The van der Waals surface area contributed by atoms with E-state index in [1.165, 1.54) is 0 Å². The van der Waals surface area contributed by atoms with Gasteiger partial charge < -0.3 is 0 Å². The van der Waals surface area contributed by atoms with Crippen molar-refractivity contribution in [1.82, 2.24) is 0 Å². The van der Waals surface area contributed by atoms with Gasteiger partial charge >= 0.3 is 10.2 Å². The second-order valence-electron chi connectivity index (χ2n) is 4.01. The molecule has 1 spiro atoms. The van der Waals surface area contributed by atoms with Crippen molar-refractivity contribution in [2.45, 2.75) is 25.4 Å². The lowest BCUT2D eigenvalue weighted by Gasteiger charge is -2.34. The van der Waals surface area contributed by atoms with Gasteiger partial charge in [-0.2, -0.15) is 8.42 Å². The maximum absolute atomic E-state index is 12.6. The quantitative estimate of drug-likeness (QED) is 0.626. The molecule has 1 unspecified atom stereocenters. The fraction of sp³-hybridized carbons (Fsp3) is 1.00. The fourth-order valence-corrected chi connectivity index (χ4v) is 3.01. The molecule has 0 saturated heterocycles. The van der Waals surface area contributed by atoms with E-state index in [-0.39, 0.29) is 11.3 Å². The van der Waals surface area contributed by atoms with Gasteiger partial charge in [-0.1, -0.05) is 0 Å². The predicted octanol–water partition coefficient (Wildman–Crippen LogP) is 1.42. The standard InChI is InChI=1S/C7H10F2O2S/c8-6-3-7(6)1-5(2-7)4-12(9,10)11/h5-6H,1-4H2. The fourth-order valence-electron chi connectivity index (χ4n) is 2.21. The molecule has 2 aliphatic rings. The van der Waals surface area contributed by atoms with E-state index in [9.17, 15) is 16.7 Å². The van der Waals surface area contributed by atoms with Crippen LogP contribution in [0.25, 0.3) is 0 Å². The van der Waals surface area contributed by atoms with Gasteiger partial charge in [0.2, 0.25) is 0 Å². The molecular formula is C7H10F2O2S. The Morgan fingerprint density at radius 2 is 1.83 bits per heavy atom. The van der Waals surface area contributed by atoms with Gasteiger partial charge in [0.15, 0.2) is 0 Å². The Morgan fingerprint density at radius 1 is 1.33 bits per heavy atom. The lowest BCUT2D eigenvalue weighted by molar-refractivity contribution is 0.151. The van der Waals surface area contributed by atoms with Crippen LogP contribution < -0.4 is 0 Å². The van der Waals surface area contributed by atoms with Crippen LogP contribution in [0.5, 0.6) is 0 Å². The summed E-state index contributed by atoms with van der Waals surface area (Å²) in [5.74, 6) is -0.553. The molecule has 2 fully saturated rings. The van der Waals surface area contributed by atoms with Gasteiger partial charge in [-0.3, -0.25) is 0 Å². The lowest BCUT2D eigenvalue weighted by atomic mass is 9.73. The van der Waals surface area contributed by atoms with E-state index in [0.29, 0.717) is 19.3 Å². The molecule has 2 saturated carbocycles. The van der Waals surface area contributed by atoms with Gasteiger partial charge in [-0.05, 0) is 25.2 Å². The zero-order valence-corrected chi connectivity index (χ0v) is 7.28. The summed E-state index contributed by atoms with van der Waals surface area (Å²) in [6, 6.07) is 0. The number of halogens is 2. The van der Waals surface area contributed by atoms with E-state index in [2.05, 4.69) is 0 Å². The number of rotatable bonds is 2. The SMILES string of the molecule is O=S(=O)(F)CC1CC2(C1)CC2F. The molecule has 0 aromatic carbocycles. The number of hydrogen-bond acceptors (Lipinski definition) is 2. The Kier molecular flexibility index (Phi) is 1.53. The summed E-state index contributed by atoms with van der Waals surface area (Å²) in [5.41, 5.74) is -0.227. The minimum Gasteiger partial charge on any atom is -0.247 e. The second kappa shape index (κ2) is 2.19. The molecule has 0 bridgehead atoms. The molecule has 0 radical (unpaired) electrons. The third-order valence-corrected chi connectivity index (χ3v) is 3.78. The van der Waals surface area contributed by atoms with Crippen LogP contribution in [-0.2, 0) is 10.2 Å². The summed E-state index contributed by atoms with van der Waals surface area (Å²) >= 11 is 0. The van der Waals surface area contributed by atoms with Crippen molar-refractivity contribution < 1.29 is 16.7 Å². The van der Waals surface area contributed by atoms with Crippen molar-refractivity contribution in [2.24, 2.45) is 11.3 Å². The summed E-state index contributed by atoms with van der Waals surface area (Å²) in [6.07, 6.45) is 0.904. The van der Waals surface area contributed by atoms with Gasteiger partial charge in [0.25, 0.3) is 0 Å². The highest BCUT2D eigenvalue weighted by Gasteiger charge is 2.62. The van der Waals surface area contributed by atoms with Crippen LogP contribution in [-0.4, -0.2) is 20.3 Å². The topological polar surface area (TPSA) is 34.1 Å². The molecule has 12 heavy (non-hydrogen) atoms. The smallest absolute Gasteiger partial charge is 0.247 e. The van der Waals surface area contributed by atoms with Crippen molar-refractivity contribution >= 4 is 10.2 Å². The van der Waals surface area contributed by atoms with Crippen LogP contribution in [0, 0.1) is 11.3 Å². The predicted molar refractivity (Wildman–Crippen MR) is 39.6 cm³/mol. The summed E-state index contributed by atoms with van der Waals surface area (Å²) in [6.45, 7) is 0. The first kappa shape index (κ1) is 8.41. The number of alkyl halides is 1. The minimum atomic E-state index is -4.35. The summed E-state index contributed by atoms with van der Waals surface area (Å²) in [4.78, 5) is 0. The normalized spacial score (nSPS) is 45.8. The zero-order valence-electron chi connectivity index (χ0n) is 6.46. The Hall–Kier alpha value is -0.190. The first-order valence-electron chi connectivity index (χ1n) is 3.98. The molecule has 5 heteroatoms.